The minimum absolute atomic E-state index is 0.858. The second-order valence-corrected chi connectivity index (χ2v) is 6.40. The molecule has 0 heterocycles. The van der Waals surface area contributed by atoms with Gasteiger partial charge >= 0.3 is 0 Å². The van der Waals surface area contributed by atoms with Crippen LogP contribution in [0.1, 0.15) is 85.5 Å². The highest BCUT2D eigenvalue weighted by Crippen LogP contribution is 2.33. The molecule has 0 fully saturated rings. The standard InChI is InChI=1S/C16H35P/c1-5-9-10-11-13-16(17)15(12-6-2)14(7-3)8-4/h14-16H,5-13,17H2,1-4H3. The van der Waals surface area contributed by atoms with Crippen molar-refractivity contribution in [2.75, 3.05) is 0 Å². The van der Waals surface area contributed by atoms with Gasteiger partial charge in [-0.25, -0.2) is 0 Å². The summed E-state index contributed by atoms with van der Waals surface area (Å²) in [7, 11) is 3.16. The molecular weight excluding hydrogens is 223 g/mol. The molecule has 0 bridgehead atoms. The maximum atomic E-state index is 3.16. The van der Waals surface area contributed by atoms with Crippen LogP contribution in [0.3, 0.4) is 0 Å². The van der Waals surface area contributed by atoms with E-state index < -0.39 is 0 Å². The smallest absolute Gasteiger partial charge is 0.0233 e. The van der Waals surface area contributed by atoms with Gasteiger partial charge in [-0.15, -0.1) is 9.24 Å². The Kier molecular flexibility index (Phi) is 11.8. The van der Waals surface area contributed by atoms with Crippen molar-refractivity contribution >= 4 is 9.24 Å². The number of hydrogen-bond acceptors (Lipinski definition) is 0. The molecular formula is C16H35P. The van der Waals surface area contributed by atoms with E-state index in [4.69, 9.17) is 0 Å². The molecule has 0 aliphatic rings. The summed E-state index contributed by atoms with van der Waals surface area (Å²) in [5, 5.41) is 0. The third kappa shape index (κ3) is 7.45. The summed E-state index contributed by atoms with van der Waals surface area (Å²) < 4.78 is 0. The average molecular weight is 258 g/mol. The van der Waals surface area contributed by atoms with E-state index in [-0.39, 0.29) is 0 Å². The lowest BCUT2D eigenvalue weighted by Gasteiger charge is -2.30. The third-order valence-corrected chi connectivity index (χ3v) is 5.04. The summed E-state index contributed by atoms with van der Waals surface area (Å²) in [6.07, 6.45) is 12.6. The van der Waals surface area contributed by atoms with Crippen LogP contribution < -0.4 is 0 Å². The minimum Gasteiger partial charge on any atom is -0.134 e. The van der Waals surface area contributed by atoms with Gasteiger partial charge in [0.25, 0.3) is 0 Å². The van der Waals surface area contributed by atoms with Crippen LogP contribution in [-0.2, 0) is 0 Å². The van der Waals surface area contributed by atoms with E-state index in [9.17, 15) is 0 Å². The number of hydrogen-bond donors (Lipinski definition) is 0. The third-order valence-electron chi connectivity index (χ3n) is 4.22. The molecule has 0 amide bonds. The number of unbranched alkanes of at least 4 members (excludes halogenated alkanes) is 3. The van der Waals surface area contributed by atoms with Crippen molar-refractivity contribution in [2.24, 2.45) is 11.8 Å². The number of rotatable bonds is 11. The summed E-state index contributed by atoms with van der Waals surface area (Å²) in [5.74, 6) is 1.89. The van der Waals surface area contributed by atoms with Gasteiger partial charge in [-0.3, -0.25) is 0 Å². The van der Waals surface area contributed by atoms with Crippen molar-refractivity contribution < 1.29 is 0 Å². The van der Waals surface area contributed by atoms with Crippen LogP contribution in [-0.4, -0.2) is 5.66 Å². The normalized spacial score (nSPS) is 15.2. The summed E-state index contributed by atoms with van der Waals surface area (Å²) in [6, 6.07) is 0. The van der Waals surface area contributed by atoms with Crippen LogP contribution in [0.25, 0.3) is 0 Å². The quantitative estimate of drug-likeness (QED) is 0.312. The first-order chi connectivity index (χ1) is 8.21. The predicted molar refractivity (Wildman–Crippen MR) is 84.7 cm³/mol. The van der Waals surface area contributed by atoms with Gasteiger partial charge in [0.1, 0.15) is 0 Å². The van der Waals surface area contributed by atoms with Gasteiger partial charge in [-0.05, 0) is 30.3 Å². The topological polar surface area (TPSA) is 0 Å². The molecule has 17 heavy (non-hydrogen) atoms. The van der Waals surface area contributed by atoms with Gasteiger partial charge in [0.05, 0.1) is 0 Å². The van der Waals surface area contributed by atoms with E-state index in [1.54, 1.807) is 0 Å². The highest BCUT2D eigenvalue weighted by molar-refractivity contribution is 7.17. The zero-order valence-electron chi connectivity index (χ0n) is 12.7. The Morgan fingerprint density at radius 1 is 0.765 bits per heavy atom. The monoisotopic (exact) mass is 258 g/mol. The van der Waals surface area contributed by atoms with Crippen LogP contribution in [0, 0.1) is 11.8 Å². The lowest BCUT2D eigenvalue weighted by molar-refractivity contribution is 0.275. The van der Waals surface area contributed by atoms with Gasteiger partial charge in [0.15, 0.2) is 0 Å². The summed E-state index contributed by atoms with van der Waals surface area (Å²) >= 11 is 0. The molecule has 0 nitrogen and oxygen atoms in total. The van der Waals surface area contributed by atoms with Crippen LogP contribution in [0.4, 0.5) is 0 Å². The van der Waals surface area contributed by atoms with E-state index in [1.807, 2.05) is 0 Å². The Morgan fingerprint density at radius 3 is 1.88 bits per heavy atom. The van der Waals surface area contributed by atoms with Crippen molar-refractivity contribution in [3.05, 3.63) is 0 Å². The second kappa shape index (κ2) is 11.5. The highest BCUT2D eigenvalue weighted by atomic mass is 31.0. The lowest BCUT2D eigenvalue weighted by atomic mass is 9.81. The van der Waals surface area contributed by atoms with Crippen molar-refractivity contribution in [1.82, 2.24) is 0 Å². The fourth-order valence-corrected chi connectivity index (χ4v) is 3.79. The molecule has 0 aromatic rings. The molecule has 0 aromatic heterocycles. The van der Waals surface area contributed by atoms with Crippen molar-refractivity contribution in [2.45, 2.75) is 91.1 Å². The summed E-state index contributed by atoms with van der Waals surface area (Å²) in [6.45, 7) is 9.36. The Morgan fingerprint density at radius 2 is 1.41 bits per heavy atom. The van der Waals surface area contributed by atoms with E-state index in [0.717, 1.165) is 17.5 Å². The van der Waals surface area contributed by atoms with Crippen LogP contribution in [0.5, 0.6) is 0 Å². The fraction of sp³-hybridized carbons (Fsp3) is 1.00. The zero-order valence-corrected chi connectivity index (χ0v) is 13.8. The molecule has 104 valence electrons. The van der Waals surface area contributed by atoms with Crippen molar-refractivity contribution in [3.63, 3.8) is 0 Å². The molecule has 0 saturated carbocycles. The average Bonchev–Trinajstić information content (AvgIpc) is 2.34. The molecule has 3 unspecified atom stereocenters. The first-order valence-electron chi connectivity index (χ1n) is 7.96. The van der Waals surface area contributed by atoms with Gasteiger partial charge in [-0.2, -0.15) is 0 Å². The highest BCUT2D eigenvalue weighted by Gasteiger charge is 2.23. The Bertz CT molecular complexity index is 152. The predicted octanol–water partition coefficient (Wildman–Crippen LogP) is 6.05. The molecule has 0 saturated heterocycles. The molecule has 0 N–H and O–H groups in total. The lowest BCUT2D eigenvalue weighted by Crippen LogP contribution is -2.23. The largest absolute Gasteiger partial charge is 0.134 e. The summed E-state index contributed by atoms with van der Waals surface area (Å²) in [4.78, 5) is 0. The molecule has 0 aromatic carbocycles. The van der Waals surface area contributed by atoms with Crippen LogP contribution >= 0.6 is 9.24 Å². The first-order valence-corrected chi connectivity index (χ1v) is 8.63. The maximum absolute atomic E-state index is 3.16. The van der Waals surface area contributed by atoms with Gasteiger partial charge < -0.3 is 0 Å². The van der Waals surface area contributed by atoms with Crippen LogP contribution in [0.2, 0.25) is 0 Å². The van der Waals surface area contributed by atoms with Gasteiger partial charge in [0, 0.05) is 0 Å². The van der Waals surface area contributed by atoms with Crippen molar-refractivity contribution in [3.8, 4) is 0 Å². The van der Waals surface area contributed by atoms with E-state index in [1.165, 1.54) is 57.8 Å². The molecule has 0 aliphatic heterocycles. The summed E-state index contributed by atoms with van der Waals surface area (Å²) in [5.41, 5.74) is 0.858. The molecule has 0 radical (unpaired) electrons. The van der Waals surface area contributed by atoms with Crippen molar-refractivity contribution in [1.29, 1.82) is 0 Å². The fourth-order valence-electron chi connectivity index (χ4n) is 3.05. The Balaban J connectivity index is 4.08. The van der Waals surface area contributed by atoms with E-state index >= 15 is 0 Å². The molecule has 0 spiro atoms. The van der Waals surface area contributed by atoms with Crippen LogP contribution in [0.15, 0.2) is 0 Å². The van der Waals surface area contributed by atoms with E-state index in [0.29, 0.717) is 0 Å². The maximum Gasteiger partial charge on any atom is -0.0233 e. The molecule has 0 rings (SSSR count). The SMILES string of the molecule is CCCCCCC(P)C(CCC)C(CC)CC. The molecule has 3 atom stereocenters. The second-order valence-electron chi connectivity index (χ2n) is 5.54. The first kappa shape index (κ1) is 17.4. The molecule has 0 aliphatic carbocycles. The van der Waals surface area contributed by atoms with Gasteiger partial charge in [-0.1, -0.05) is 72.6 Å². The minimum atomic E-state index is 0.858. The molecule has 1 heteroatoms. The Hall–Kier alpha value is 0.430. The van der Waals surface area contributed by atoms with E-state index in [2.05, 4.69) is 36.9 Å². The zero-order chi connectivity index (χ0) is 13.1. The van der Waals surface area contributed by atoms with Gasteiger partial charge in [0.2, 0.25) is 0 Å². The Labute approximate surface area is 113 Å².